The van der Waals surface area contributed by atoms with Gasteiger partial charge >= 0.3 is 0 Å². The van der Waals surface area contributed by atoms with Crippen molar-refractivity contribution < 1.29 is 4.79 Å². The summed E-state index contributed by atoms with van der Waals surface area (Å²) in [4.78, 5) is 14.2. The van der Waals surface area contributed by atoms with E-state index in [1.54, 1.807) is 35.9 Å². The smallest absolute Gasteiger partial charge is 0.272 e. The summed E-state index contributed by atoms with van der Waals surface area (Å²) >= 11 is 0. The minimum atomic E-state index is -0.0543. The van der Waals surface area contributed by atoms with Crippen molar-refractivity contribution in [1.29, 1.82) is 0 Å². The third-order valence-corrected chi connectivity index (χ3v) is 3.89. The highest BCUT2D eigenvalue weighted by Crippen LogP contribution is 2.13. The van der Waals surface area contributed by atoms with Gasteiger partial charge in [-0.25, -0.2) is 4.68 Å². The highest BCUT2D eigenvalue weighted by molar-refractivity contribution is 5.92. The molecule has 0 fully saturated rings. The zero-order valence-electron chi connectivity index (χ0n) is 14.4. The van der Waals surface area contributed by atoms with Gasteiger partial charge in [0.25, 0.3) is 5.91 Å². The van der Waals surface area contributed by atoms with Crippen LogP contribution in [0.2, 0.25) is 0 Å². The molecule has 0 aliphatic rings. The molecule has 0 N–H and O–H groups in total. The Hall–Kier alpha value is -2.89. The number of hydrogen-bond acceptors (Lipinski definition) is 3. The second-order valence-corrected chi connectivity index (χ2v) is 6.09. The van der Waals surface area contributed by atoms with Crippen molar-refractivity contribution in [3.05, 3.63) is 65.2 Å². The predicted octanol–water partition coefficient (Wildman–Crippen LogP) is 2.49. The molecule has 0 unspecified atom stereocenters. The second kappa shape index (κ2) is 6.31. The van der Waals surface area contributed by atoms with E-state index in [-0.39, 0.29) is 5.91 Å². The first-order valence-corrected chi connectivity index (χ1v) is 7.81. The van der Waals surface area contributed by atoms with Gasteiger partial charge in [-0.15, -0.1) is 0 Å². The monoisotopic (exact) mass is 323 g/mol. The quantitative estimate of drug-likeness (QED) is 0.741. The average molecular weight is 323 g/mol. The van der Waals surface area contributed by atoms with Gasteiger partial charge in [-0.3, -0.25) is 9.48 Å². The third-order valence-electron chi connectivity index (χ3n) is 3.89. The fraction of sp³-hybridized carbons (Fsp3) is 0.278. The van der Waals surface area contributed by atoms with Crippen molar-refractivity contribution in [1.82, 2.24) is 24.5 Å². The molecule has 0 bridgehead atoms. The van der Waals surface area contributed by atoms with Crippen LogP contribution in [0.4, 0.5) is 0 Å². The maximum absolute atomic E-state index is 12.5. The molecular weight excluding hydrogens is 302 g/mol. The van der Waals surface area contributed by atoms with Crippen LogP contribution in [0.1, 0.15) is 27.3 Å². The standard InChI is InChI=1S/C18H21N5O/c1-13-6-5-7-16(8-13)23-12-15(10-19-23)11-21(3)18(24)17-9-14(2)20-22(17)4/h5-10,12H,11H2,1-4H3. The molecule has 0 aliphatic heterocycles. The number of aromatic nitrogens is 4. The summed E-state index contributed by atoms with van der Waals surface area (Å²) in [6.07, 6.45) is 3.74. The summed E-state index contributed by atoms with van der Waals surface area (Å²) in [6.45, 7) is 4.42. The number of carbonyl (C=O) groups is 1. The minimum Gasteiger partial charge on any atom is -0.336 e. The van der Waals surface area contributed by atoms with Crippen LogP contribution in [-0.4, -0.2) is 37.4 Å². The molecule has 2 aromatic heterocycles. The lowest BCUT2D eigenvalue weighted by Crippen LogP contribution is -2.27. The van der Waals surface area contributed by atoms with E-state index in [9.17, 15) is 4.79 Å². The summed E-state index contributed by atoms with van der Waals surface area (Å²) in [6, 6.07) is 9.94. The van der Waals surface area contributed by atoms with Crippen LogP contribution >= 0.6 is 0 Å². The average Bonchev–Trinajstić information content (AvgIpc) is 3.13. The van der Waals surface area contributed by atoms with Crippen LogP contribution < -0.4 is 0 Å². The third kappa shape index (κ3) is 3.22. The Kier molecular flexibility index (Phi) is 4.20. The van der Waals surface area contributed by atoms with Crippen molar-refractivity contribution in [2.75, 3.05) is 7.05 Å². The maximum Gasteiger partial charge on any atom is 0.272 e. The van der Waals surface area contributed by atoms with E-state index < -0.39 is 0 Å². The summed E-state index contributed by atoms with van der Waals surface area (Å²) in [7, 11) is 3.57. The van der Waals surface area contributed by atoms with E-state index in [0.717, 1.165) is 16.9 Å². The van der Waals surface area contributed by atoms with E-state index in [1.807, 2.05) is 29.9 Å². The number of amides is 1. The van der Waals surface area contributed by atoms with E-state index in [1.165, 1.54) is 5.56 Å². The molecule has 124 valence electrons. The summed E-state index contributed by atoms with van der Waals surface area (Å²) < 4.78 is 3.44. The molecule has 3 rings (SSSR count). The van der Waals surface area contributed by atoms with Gasteiger partial charge < -0.3 is 4.90 Å². The van der Waals surface area contributed by atoms with Crippen LogP contribution in [0, 0.1) is 13.8 Å². The van der Waals surface area contributed by atoms with Crippen molar-refractivity contribution in [2.45, 2.75) is 20.4 Å². The first-order valence-electron chi connectivity index (χ1n) is 7.81. The number of nitrogens with zero attached hydrogens (tertiary/aromatic N) is 5. The number of rotatable bonds is 4. The van der Waals surface area contributed by atoms with E-state index in [4.69, 9.17) is 0 Å². The lowest BCUT2D eigenvalue weighted by atomic mass is 10.2. The topological polar surface area (TPSA) is 56.0 Å². The molecule has 1 aromatic carbocycles. The minimum absolute atomic E-state index is 0.0543. The van der Waals surface area contributed by atoms with Crippen molar-refractivity contribution in [2.24, 2.45) is 7.05 Å². The molecular formula is C18H21N5O. The van der Waals surface area contributed by atoms with Crippen LogP contribution in [-0.2, 0) is 13.6 Å². The van der Waals surface area contributed by atoms with Gasteiger partial charge in [-0.1, -0.05) is 12.1 Å². The molecule has 0 aliphatic carbocycles. The summed E-state index contributed by atoms with van der Waals surface area (Å²) in [5.41, 5.74) is 4.59. The highest BCUT2D eigenvalue weighted by Gasteiger charge is 2.17. The molecule has 6 nitrogen and oxygen atoms in total. The van der Waals surface area contributed by atoms with Gasteiger partial charge in [-0.05, 0) is 37.6 Å². The number of carbonyl (C=O) groups excluding carboxylic acids is 1. The van der Waals surface area contributed by atoms with Crippen LogP contribution in [0.15, 0.2) is 42.7 Å². The van der Waals surface area contributed by atoms with Gasteiger partial charge in [0.2, 0.25) is 0 Å². The molecule has 1 amide bonds. The van der Waals surface area contributed by atoms with Gasteiger partial charge in [0.05, 0.1) is 17.6 Å². The largest absolute Gasteiger partial charge is 0.336 e. The van der Waals surface area contributed by atoms with Crippen molar-refractivity contribution in [3.63, 3.8) is 0 Å². The van der Waals surface area contributed by atoms with Gasteiger partial charge in [0.15, 0.2) is 0 Å². The molecule has 0 atom stereocenters. The fourth-order valence-corrected chi connectivity index (χ4v) is 2.71. The van der Waals surface area contributed by atoms with Gasteiger partial charge in [0, 0.05) is 32.4 Å². The number of aryl methyl sites for hydroxylation is 3. The van der Waals surface area contributed by atoms with E-state index in [2.05, 4.69) is 29.3 Å². The van der Waals surface area contributed by atoms with Crippen LogP contribution in [0.3, 0.4) is 0 Å². The Morgan fingerprint density at radius 2 is 2.04 bits per heavy atom. The zero-order valence-corrected chi connectivity index (χ0v) is 14.4. The Balaban J connectivity index is 1.74. The highest BCUT2D eigenvalue weighted by atomic mass is 16.2. The lowest BCUT2D eigenvalue weighted by Gasteiger charge is -2.16. The second-order valence-electron chi connectivity index (χ2n) is 6.09. The number of benzene rings is 1. The van der Waals surface area contributed by atoms with Crippen LogP contribution in [0.5, 0.6) is 0 Å². The van der Waals surface area contributed by atoms with Crippen LogP contribution in [0.25, 0.3) is 5.69 Å². The normalized spacial score (nSPS) is 10.8. The summed E-state index contributed by atoms with van der Waals surface area (Å²) in [5.74, 6) is -0.0543. The molecule has 0 saturated carbocycles. The Labute approximate surface area is 141 Å². The molecule has 6 heteroatoms. The van der Waals surface area contributed by atoms with E-state index >= 15 is 0 Å². The first kappa shape index (κ1) is 16.0. The summed E-state index contributed by atoms with van der Waals surface area (Å²) in [5, 5.41) is 8.62. The van der Waals surface area contributed by atoms with Gasteiger partial charge in [0.1, 0.15) is 5.69 Å². The van der Waals surface area contributed by atoms with Crippen molar-refractivity contribution in [3.8, 4) is 5.69 Å². The Morgan fingerprint density at radius 1 is 1.25 bits per heavy atom. The van der Waals surface area contributed by atoms with Crippen molar-refractivity contribution >= 4 is 5.91 Å². The first-order chi connectivity index (χ1) is 11.4. The molecule has 0 spiro atoms. The fourth-order valence-electron chi connectivity index (χ4n) is 2.71. The molecule has 0 radical (unpaired) electrons. The molecule has 2 heterocycles. The molecule has 3 aromatic rings. The SMILES string of the molecule is Cc1cccc(-n2cc(CN(C)C(=O)c3cc(C)nn3C)cn2)c1. The molecule has 24 heavy (non-hydrogen) atoms. The van der Waals surface area contributed by atoms with Gasteiger partial charge in [-0.2, -0.15) is 10.2 Å². The van der Waals surface area contributed by atoms with E-state index in [0.29, 0.717) is 12.2 Å². The Morgan fingerprint density at radius 3 is 2.71 bits per heavy atom. The Bertz CT molecular complexity index is 877. The zero-order chi connectivity index (χ0) is 17.3. The predicted molar refractivity (Wildman–Crippen MR) is 92.0 cm³/mol. The maximum atomic E-state index is 12.5. The molecule has 0 saturated heterocycles. The number of hydrogen-bond donors (Lipinski definition) is 0. The lowest BCUT2D eigenvalue weighted by molar-refractivity contribution is 0.0774.